The van der Waals surface area contributed by atoms with Crippen LogP contribution in [0.1, 0.15) is 41.6 Å². The van der Waals surface area contributed by atoms with Crippen molar-refractivity contribution in [1.82, 2.24) is 5.32 Å². The van der Waals surface area contributed by atoms with Crippen LogP contribution >= 0.6 is 15.9 Å². The lowest BCUT2D eigenvalue weighted by Gasteiger charge is -2.28. The summed E-state index contributed by atoms with van der Waals surface area (Å²) in [6, 6.07) is 5.25. The van der Waals surface area contributed by atoms with E-state index in [1.165, 1.54) is 0 Å². The number of alkyl halides is 1. The number of carbonyl (C=O) groups is 1. The standard InChI is InChI=1S/C14H18BrNO2/c1-10-5-4-6-11(12(10)17)13(18)16-14(9-15)7-2-3-8-14/h4-6,17H,2-3,7-9H2,1H3,(H,16,18). The van der Waals surface area contributed by atoms with Crippen molar-refractivity contribution in [3.05, 3.63) is 29.3 Å². The Hall–Kier alpha value is -1.03. The van der Waals surface area contributed by atoms with Crippen LogP contribution in [-0.4, -0.2) is 21.9 Å². The number of para-hydroxylation sites is 1. The van der Waals surface area contributed by atoms with E-state index in [1.54, 1.807) is 25.1 Å². The van der Waals surface area contributed by atoms with E-state index in [4.69, 9.17) is 0 Å². The molecular weight excluding hydrogens is 294 g/mol. The fraction of sp³-hybridized carbons (Fsp3) is 0.500. The number of hydrogen-bond acceptors (Lipinski definition) is 2. The molecule has 1 aliphatic carbocycles. The molecule has 0 aliphatic heterocycles. The van der Waals surface area contributed by atoms with Gasteiger partial charge < -0.3 is 10.4 Å². The van der Waals surface area contributed by atoms with E-state index in [2.05, 4.69) is 21.2 Å². The van der Waals surface area contributed by atoms with E-state index in [0.29, 0.717) is 5.56 Å². The summed E-state index contributed by atoms with van der Waals surface area (Å²) in [6.07, 6.45) is 4.28. The first-order valence-corrected chi connectivity index (χ1v) is 7.37. The minimum atomic E-state index is -0.183. The first-order valence-electron chi connectivity index (χ1n) is 6.25. The molecule has 2 rings (SSSR count). The third-order valence-corrected chi connectivity index (χ3v) is 4.75. The molecule has 1 fully saturated rings. The molecule has 0 heterocycles. The number of phenolic OH excluding ortho intramolecular Hbond substituents is 1. The van der Waals surface area contributed by atoms with Crippen molar-refractivity contribution >= 4 is 21.8 Å². The number of hydrogen-bond donors (Lipinski definition) is 2. The molecule has 1 aromatic carbocycles. The number of halogens is 1. The second kappa shape index (κ2) is 5.31. The van der Waals surface area contributed by atoms with E-state index in [0.717, 1.165) is 36.6 Å². The predicted octanol–water partition coefficient (Wildman–Crippen LogP) is 3.14. The Balaban J connectivity index is 2.19. The largest absolute Gasteiger partial charge is 0.507 e. The molecule has 98 valence electrons. The van der Waals surface area contributed by atoms with Crippen LogP contribution in [0.15, 0.2) is 18.2 Å². The Kier molecular flexibility index (Phi) is 3.95. The average Bonchev–Trinajstić information content (AvgIpc) is 2.81. The van der Waals surface area contributed by atoms with Crippen molar-refractivity contribution in [3.8, 4) is 5.75 Å². The Labute approximate surface area is 116 Å². The van der Waals surface area contributed by atoms with Gasteiger partial charge >= 0.3 is 0 Å². The summed E-state index contributed by atoms with van der Waals surface area (Å²) in [5.74, 6) is -0.102. The quantitative estimate of drug-likeness (QED) is 0.843. The van der Waals surface area contributed by atoms with Gasteiger partial charge in [-0.15, -0.1) is 0 Å². The first kappa shape index (κ1) is 13.4. The zero-order valence-electron chi connectivity index (χ0n) is 10.5. The summed E-state index contributed by atoms with van der Waals surface area (Å²) in [7, 11) is 0. The van der Waals surface area contributed by atoms with Crippen LogP contribution in [0.25, 0.3) is 0 Å². The zero-order valence-corrected chi connectivity index (χ0v) is 12.1. The fourth-order valence-corrected chi connectivity index (χ4v) is 3.20. The molecular formula is C14H18BrNO2. The highest BCUT2D eigenvalue weighted by Gasteiger charge is 2.34. The average molecular weight is 312 g/mol. The summed E-state index contributed by atoms with van der Waals surface area (Å²) in [4.78, 5) is 12.2. The maximum Gasteiger partial charge on any atom is 0.255 e. The van der Waals surface area contributed by atoms with Crippen molar-refractivity contribution in [1.29, 1.82) is 0 Å². The summed E-state index contributed by atoms with van der Waals surface area (Å²) in [6.45, 7) is 1.79. The fourth-order valence-electron chi connectivity index (χ4n) is 2.49. The highest BCUT2D eigenvalue weighted by atomic mass is 79.9. The third-order valence-electron chi connectivity index (χ3n) is 3.68. The molecule has 1 amide bonds. The van der Waals surface area contributed by atoms with E-state index in [1.807, 2.05) is 0 Å². The number of amides is 1. The lowest BCUT2D eigenvalue weighted by molar-refractivity contribution is 0.0907. The number of benzene rings is 1. The van der Waals surface area contributed by atoms with Crippen molar-refractivity contribution < 1.29 is 9.90 Å². The van der Waals surface area contributed by atoms with Crippen LogP contribution in [0, 0.1) is 6.92 Å². The molecule has 0 unspecified atom stereocenters. The van der Waals surface area contributed by atoms with Crippen molar-refractivity contribution in [2.45, 2.75) is 38.1 Å². The van der Waals surface area contributed by atoms with Gasteiger partial charge in [0, 0.05) is 5.33 Å². The molecule has 2 N–H and O–H groups in total. The molecule has 0 radical (unpaired) electrons. The topological polar surface area (TPSA) is 49.3 Å². The SMILES string of the molecule is Cc1cccc(C(=O)NC2(CBr)CCCC2)c1O. The van der Waals surface area contributed by atoms with Crippen LogP contribution in [0.2, 0.25) is 0 Å². The van der Waals surface area contributed by atoms with Crippen molar-refractivity contribution in [3.63, 3.8) is 0 Å². The number of carbonyl (C=O) groups excluding carboxylic acids is 1. The van der Waals surface area contributed by atoms with Crippen LogP contribution in [0.3, 0.4) is 0 Å². The van der Waals surface area contributed by atoms with Crippen molar-refractivity contribution in [2.75, 3.05) is 5.33 Å². The molecule has 1 saturated carbocycles. The molecule has 1 aromatic rings. The summed E-state index contributed by atoms with van der Waals surface area (Å²) >= 11 is 3.49. The van der Waals surface area contributed by atoms with Crippen LogP contribution in [0.4, 0.5) is 0 Å². The molecule has 0 bridgehead atoms. The number of aromatic hydroxyl groups is 1. The van der Waals surface area contributed by atoms with E-state index in [-0.39, 0.29) is 17.2 Å². The monoisotopic (exact) mass is 311 g/mol. The summed E-state index contributed by atoms with van der Waals surface area (Å²) < 4.78 is 0. The number of phenols is 1. The van der Waals surface area contributed by atoms with Crippen LogP contribution in [0.5, 0.6) is 5.75 Å². The van der Waals surface area contributed by atoms with E-state index >= 15 is 0 Å². The van der Waals surface area contributed by atoms with Gasteiger partial charge in [0.25, 0.3) is 5.91 Å². The minimum Gasteiger partial charge on any atom is -0.507 e. The molecule has 4 heteroatoms. The van der Waals surface area contributed by atoms with Crippen LogP contribution in [-0.2, 0) is 0 Å². The van der Waals surface area contributed by atoms with Gasteiger partial charge in [-0.25, -0.2) is 0 Å². The Morgan fingerprint density at radius 2 is 2.11 bits per heavy atom. The number of nitrogens with one attached hydrogen (secondary N) is 1. The van der Waals surface area contributed by atoms with Crippen molar-refractivity contribution in [2.24, 2.45) is 0 Å². The molecule has 1 aliphatic rings. The van der Waals surface area contributed by atoms with Gasteiger partial charge in [0.05, 0.1) is 11.1 Å². The van der Waals surface area contributed by atoms with Crippen LogP contribution < -0.4 is 5.32 Å². The highest BCUT2D eigenvalue weighted by molar-refractivity contribution is 9.09. The number of aryl methyl sites for hydroxylation is 1. The second-order valence-corrected chi connectivity index (χ2v) is 5.61. The Morgan fingerprint density at radius 3 is 2.72 bits per heavy atom. The lowest BCUT2D eigenvalue weighted by atomic mass is 9.99. The lowest BCUT2D eigenvalue weighted by Crippen LogP contribution is -2.47. The van der Waals surface area contributed by atoms with Gasteiger partial charge in [0.15, 0.2) is 0 Å². The Bertz CT molecular complexity index is 453. The number of rotatable bonds is 3. The normalized spacial score (nSPS) is 17.7. The van der Waals surface area contributed by atoms with E-state index < -0.39 is 0 Å². The Morgan fingerprint density at radius 1 is 1.44 bits per heavy atom. The molecule has 0 spiro atoms. The minimum absolute atomic E-state index is 0.0812. The first-order chi connectivity index (χ1) is 8.58. The molecule has 0 saturated heterocycles. The van der Waals surface area contributed by atoms with Gasteiger partial charge in [-0.2, -0.15) is 0 Å². The molecule has 0 aromatic heterocycles. The maximum absolute atomic E-state index is 12.2. The van der Waals surface area contributed by atoms with Gasteiger partial charge in [0.2, 0.25) is 0 Å². The molecule has 18 heavy (non-hydrogen) atoms. The van der Waals surface area contributed by atoms with E-state index in [9.17, 15) is 9.90 Å². The second-order valence-electron chi connectivity index (χ2n) is 5.05. The van der Waals surface area contributed by atoms with Gasteiger partial charge in [-0.3, -0.25) is 4.79 Å². The molecule has 0 atom stereocenters. The highest BCUT2D eigenvalue weighted by Crippen LogP contribution is 2.32. The smallest absolute Gasteiger partial charge is 0.255 e. The summed E-state index contributed by atoms with van der Waals surface area (Å²) in [5.41, 5.74) is 0.942. The third kappa shape index (κ3) is 2.53. The summed E-state index contributed by atoms with van der Waals surface area (Å²) in [5, 5.41) is 13.8. The van der Waals surface area contributed by atoms with Gasteiger partial charge in [-0.1, -0.05) is 40.9 Å². The zero-order chi connectivity index (χ0) is 13.2. The maximum atomic E-state index is 12.2. The van der Waals surface area contributed by atoms with Gasteiger partial charge in [-0.05, 0) is 31.4 Å². The molecule has 3 nitrogen and oxygen atoms in total. The predicted molar refractivity (Wildman–Crippen MR) is 75.3 cm³/mol. The van der Waals surface area contributed by atoms with Gasteiger partial charge in [0.1, 0.15) is 5.75 Å².